The third-order valence-corrected chi connectivity index (χ3v) is 5.31. The van der Waals surface area contributed by atoms with Gasteiger partial charge in [0.2, 0.25) is 11.9 Å². The van der Waals surface area contributed by atoms with Crippen LogP contribution in [0.3, 0.4) is 0 Å². The fourth-order valence-electron chi connectivity index (χ4n) is 3.02. The predicted octanol–water partition coefficient (Wildman–Crippen LogP) is 3.61. The van der Waals surface area contributed by atoms with Crippen molar-refractivity contribution >= 4 is 40.2 Å². The molecule has 2 aromatic heterocycles. The van der Waals surface area contributed by atoms with Crippen molar-refractivity contribution in [3.8, 4) is 0 Å². The van der Waals surface area contributed by atoms with Gasteiger partial charge in [0.15, 0.2) is 5.16 Å². The number of fused-ring (bicyclic) bond motifs is 1. The first-order chi connectivity index (χ1) is 14.6. The number of para-hydroxylation sites is 2. The minimum absolute atomic E-state index is 0.0356. The first-order valence-corrected chi connectivity index (χ1v) is 10.6. The van der Waals surface area contributed by atoms with Crippen LogP contribution in [0.4, 0.5) is 17.6 Å². The predicted molar refractivity (Wildman–Crippen MR) is 120 cm³/mol. The summed E-state index contributed by atoms with van der Waals surface area (Å²) in [5.41, 5.74) is 7.38. The average molecular weight is 420 g/mol. The number of hydrogen-bond acceptors (Lipinski definition) is 8. The van der Waals surface area contributed by atoms with E-state index in [0.29, 0.717) is 40.1 Å². The largest absolute Gasteiger partial charge is 0.368 e. The maximum atomic E-state index is 12.9. The normalized spacial score (nSPS) is 11.0. The molecule has 8 nitrogen and oxygen atoms in total. The number of anilines is 3. The van der Waals surface area contributed by atoms with E-state index in [4.69, 9.17) is 10.7 Å². The van der Waals surface area contributed by atoms with Crippen molar-refractivity contribution in [2.24, 2.45) is 0 Å². The summed E-state index contributed by atoms with van der Waals surface area (Å²) in [4.78, 5) is 30.4. The molecular weight excluding hydrogens is 398 g/mol. The summed E-state index contributed by atoms with van der Waals surface area (Å²) in [6, 6.07) is 17.0. The smallest absolute Gasteiger partial charge is 0.262 e. The minimum Gasteiger partial charge on any atom is -0.368 e. The zero-order valence-electron chi connectivity index (χ0n) is 16.4. The van der Waals surface area contributed by atoms with Gasteiger partial charge in [0.1, 0.15) is 5.82 Å². The molecule has 0 fully saturated rings. The summed E-state index contributed by atoms with van der Waals surface area (Å²) in [5, 5.41) is 4.38. The number of aromatic nitrogens is 5. The van der Waals surface area contributed by atoms with Gasteiger partial charge >= 0.3 is 0 Å². The topological polar surface area (TPSA) is 112 Å². The van der Waals surface area contributed by atoms with Crippen LogP contribution in [-0.4, -0.2) is 24.5 Å². The summed E-state index contributed by atoms with van der Waals surface area (Å²) in [5.74, 6) is 1.43. The molecule has 0 saturated carbocycles. The molecule has 0 aliphatic carbocycles. The van der Waals surface area contributed by atoms with Gasteiger partial charge in [0.25, 0.3) is 5.56 Å². The van der Waals surface area contributed by atoms with Crippen LogP contribution in [0.1, 0.15) is 19.2 Å². The van der Waals surface area contributed by atoms with E-state index in [1.807, 2.05) is 55.5 Å². The standard InChI is InChI=1S/C21H21N7OS/c1-2-12-28-18(29)15-10-6-7-11-16(15)24-21(28)30-13-17-25-19(22)27-20(26-17)23-14-8-4-3-5-9-14/h3-11H,2,12-13H2,1H3,(H3,22,23,25,26,27). The van der Waals surface area contributed by atoms with Crippen LogP contribution in [0.2, 0.25) is 0 Å². The Bertz CT molecular complexity index is 1230. The number of nitrogens with one attached hydrogen (secondary N) is 1. The summed E-state index contributed by atoms with van der Waals surface area (Å²) < 4.78 is 1.71. The molecule has 3 N–H and O–H groups in total. The molecule has 0 unspecified atom stereocenters. The Kier molecular flexibility index (Phi) is 5.89. The second kappa shape index (κ2) is 8.91. The van der Waals surface area contributed by atoms with Crippen molar-refractivity contribution in [1.82, 2.24) is 24.5 Å². The highest BCUT2D eigenvalue weighted by atomic mass is 32.2. The molecule has 0 atom stereocenters. The molecule has 4 rings (SSSR count). The molecule has 0 bridgehead atoms. The van der Waals surface area contributed by atoms with Crippen LogP contribution in [0.15, 0.2) is 64.5 Å². The maximum Gasteiger partial charge on any atom is 0.262 e. The van der Waals surface area contributed by atoms with E-state index in [9.17, 15) is 4.79 Å². The Morgan fingerprint density at radius 3 is 2.57 bits per heavy atom. The van der Waals surface area contributed by atoms with E-state index >= 15 is 0 Å². The Balaban J connectivity index is 1.61. The van der Waals surface area contributed by atoms with E-state index in [-0.39, 0.29) is 11.5 Å². The lowest BCUT2D eigenvalue weighted by atomic mass is 10.2. The number of nitrogens with zero attached hydrogens (tertiary/aromatic N) is 5. The fraction of sp³-hybridized carbons (Fsp3) is 0.190. The Morgan fingerprint density at radius 1 is 1.00 bits per heavy atom. The summed E-state index contributed by atoms with van der Waals surface area (Å²) in [6.07, 6.45) is 0.831. The van der Waals surface area contributed by atoms with Gasteiger partial charge in [-0.25, -0.2) is 4.98 Å². The molecular formula is C21H21N7OS. The average Bonchev–Trinajstić information content (AvgIpc) is 2.75. The third-order valence-electron chi connectivity index (χ3n) is 4.33. The Labute approximate surface area is 177 Å². The molecule has 2 heterocycles. The van der Waals surface area contributed by atoms with Gasteiger partial charge in [-0.2, -0.15) is 15.0 Å². The minimum atomic E-state index is -0.0356. The van der Waals surface area contributed by atoms with Gasteiger partial charge in [0, 0.05) is 12.2 Å². The number of nitrogen functional groups attached to an aromatic ring is 1. The first kappa shape index (κ1) is 19.8. The molecule has 152 valence electrons. The van der Waals surface area contributed by atoms with Crippen molar-refractivity contribution in [3.63, 3.8) is 0 Å². The van der Waals surface area contributed by atoms with E-state index in [1.54, 1.807) is 10.6 Å². The number of hydrogen-bond donors (Lipinski definition) is 2. The summed E-state index contributed by atoms with van der Waals surface area (Å²) >= 11 is 1.41. The zero-order chi connectivity index (χ0) is 20.9. The number of nitrogens with two attached hydrogens (primary N) is 1. The summed E-state index contributed by atoms with van der Waals surface area (Å²) in [6.45, 7) is 2.63. The monoisotopic (exact) mass is 419 g/mol. The van der Waals surface area contributed by atoms with Gasteiger partial charge in [-0.1, -0.05) is 49.0 Å². The first-order valence-electron chi connectivity index (χ1n) is 9.59. The van der Waals surface area contributed by atoms with Crippen molar-refractivity contribution in [2.75, 3.05) is 11.1 Å². The van der Waals surface area contributed by atoms with Crippen LogP contribution in [0.25, 0.3) is 10.9 Å². The molecule has 4 aromatic rings. The second-order valence-electron chi connectivity index (χ2n) is 6.58. The molecule has 0 radical (unpaired) electrons. The van der Waals surface area contributed by atoms with Crippen LogP contribution in [0, 0.1) is 0 Å². The van der Waals surface area contributed by atoms with Gasteiger partial charge < -0.3 is 11.1 Å². The lowest BCUT2D eigenvalue weighted by Gasteiger charge is -2.12. The maximum absolute atomic E-state index is 12.9. The van der Waals surface area contributed by atoms with E-state index < -0.39 is 0 Å². The quantitative estimate of drug-likeness (QED) is 0.345. The van der Waals surface area contributed by atoms with Crippen molar-refractivity contribution in [3.05, 3.63) is 70.8 Å². The van der Waals surface area contributed by atoms with Crippen LogP contribution >= 0.6 is 11.8 Å². The van der Waals surface area contributed by atoms with Crippen molar-refractivity contribution in [1.29, 1.82) is 0 Å². The fourth-order valence-corrected chi connectivity index (χ4v) is 3.90. The van der Waals surface area contributed by atoms with Crippen LogP contribution in [-0.2, 0) is 12.3 Å². The van der Waals surface area contributed by atoms with Crippen molar-refractivity contribution in [2.45, 2.75) is 30.8 Å². The Morgan fingerprint density at radius 2 is 1.77 bits per heavy atom. The van der Waals surface area contributed by atoms with E-state index in [0.717, 1.165) is 12.1 Å². The molecule has 0 aliphatic rings. The highest BCUT2D eigenvalue weighted by Gasteiger charge is 2.13. The number of benzene rings is 2. The highest BCUT2D eigenvalue weighted by molar-refractivity contribution is 7.98. The zero-order valence-corrected chi connectivity index (χ0v) is 17.3. The van der Waals surface area contributed by atoms with E-state index in [1.165, 1.54) is 11.8 Å². The summed E-state index contributed by atoms with van der Waals surface area (Å²) in [7, 11) is 0. The van der Waals surface area contributed by atoms with Gasteiger partial charge in [0.05, 0.1) is 16.7 Å². The van der Waals surface area contributed by atoms with Gasteiger partial charge in [-0.3, -0.25) is 9.36 Å². The lowest BCUT2D eigenvalue weighted by molar-refractivity contribution is 0.584. The number of thioether (sulfide) groups is 1. The third kappa shape index (κ3) is 4.41. The SMILES string of the molecule is CCCn1c(SCc2nc(N)nc(Nc3ccccc3)n2)nc2ccccc2c1=O. The van der Waals surface area contributed by atoms with Gasteiger partial charge in [-0.05, 0) is 30.7 Å². The molecule has 2 aromatic carbocycles. The van der Waals surface area contributed by atoms with E-state index in [2.05, 4.69) is 20.3 Å². The van der Waals surface area contributed by atoms with Crippen molar-refractivity contribution < 1.29 is 0 Å². The molecule has 0 aliphatic heterocycles. The highest BCUT2D eigenvalue weighted by Crippen LogP contribution is 2.22. The second-order valence-corrected chi connectivity index (χ2v) is 7.52. The Hall–Kier alpha value is -3.46. The molecule has 0 saturated heterocycles. The molecule has 0 spiro atoms. The molecule has 0 amide bonds. The molecule has 9 heteroatoms. The lowest BCUT2D eigenvalue weighted by Crippen LogP contribution is -2.23. The van der Waals surface area contributed by atoms with Crippen LogP contribution < -0.4 is 16.6 Å². The van der Waals surface area contributed by atoms with Gasteiger partial charge in [-0.15, -0.1) is 0 Å². The number of rotatable bonds is 7. The van der Waals surface area contributed by atoms with Crippen LogP contribution in [0.5, 0.6) is 0 Å². The molecule has 30 heavy (non-hydrogen) atoms.